The molecule has 0 spiro atoms. The summed E-state index contributed by atoms with van der Waals surface area (Å²) in [5, 5.41) is 7.73. The number of nitrogens with two attached hydrogens (primary N) is 1. The summed E-state index contributed by atoms with van der Waals surface area (Å²) in [4.78, 5) is 14.1. The molecule has 1 fully saturated rings. The van der Waals surface area contributed by atoms with Gasteiger partial charge in [-0.1, -0.05) is 18.2 Å². The first-order valence-electron chi connectivity index (χ1n) is 10.1. The maximum Gasteiger partial charge on any atom is 0.183 e. The number of hydrogen-bond donors (Lipinski definition) is 2. The molecule has 28 heavy (non-hydrogen) atoms. The summed E-state index contributed by atoms with van der Waals surface area (Å²) in [6.07, 6.45) is 6.00. The molecule has 1 saturated heterocycles. The number of aryl methyl sites for hydroxylation is 1. The molecule has 3 N–H and O–H groups in total. The van der Waals surface area contributed by atoms with E-state index in [9.17, 15) is 0 Å². The van der Waals surface area contributed by atoms with Crippen molar-refractivity contribution in [3.05, 3.63) is 36.0 Å². The number of benzene rings is 1. The van der Waals surface area contributed by atoms with E-state index in [0.29, 0.717) is 6.04 Å². The zero-order valence-electron chi connectivity index (χ0n) is 16.5. The summed E-state index contributed by atoms with van der Waals surface area (Å²) in [5.74, 6) is 1.76. The van der Waals surface area contributed by atoms with Crippen molar-refractivity contribution >= 4 is 28.5 Å². The van der Waals surface area contributed by atoms with Gasteiger partial charge in [0, 0.05) is 30.4 Å². The highest BCUT2D eigenvalue weighted by atomic mass is 15.3. The van der Waals surface area contributed by atoms with Crippen molar-refractivity contribution in [2.24, 2.45) is 5.73 Å². The van der Waals surface area contributed by atoms with Crippen LogP contribution in [0.4, 0.5) is 17.3 Å². The molecule has 5 rings (SSSR count). The van der Waals surface area contributed by atoms with E-state index in [0.717, 1.165) is 61.6 Å². The van der Waals surface area contributed by atoms with Gasteiger partial charge in [0.25, 0.3) is 0 Å². The lowest BCUT2D eigenvalue weighted by Crippen LogP contribution is -2.48. The van der Waals surface area contributed by atoms with Crippen LogP contribution in [0, 0.1) is 0 Å². The minimum absolute atomic E-state index is 0.0764. The number of piperidine rings is 1. The van der Waals surface area contributed by atoms with E-state index in [4.69, 9.17) is 15.7 Å². The van der Waals surface area contributed by atoms with Crippen molar-refractivity contribution in [3.63, 3.8) is 0 Å². The number of H-pyrrole nitrogens is 1. The van der Waals surface area contributed by atoms with E-state index < -0.39 is 0 Å². The fraction of sp³-hybridized carbons (Fsp3) is 0.476. The van der Waals surface area contributed by atoms with Crippen molar-refractivity contribution in [2.45, 2.75) is 51.1 Å². The van der Waals surface area contributed by atoms with Crippen molar-refractivity contribution in [1.29, 1.82) is 0 Å². The second-order valence-electron chi connectivity index (χ2n) is 8.50. The van der Waals surface area contributed by atoms with Crippen LogP contribution in [0.3, 0.4) is 0 Å². The fourth-order valence-corrected chi connectivity index (χ4v) is 4.36. The predicted octanol–water partition coefficient (Wildman–Crippen LogP) is 3.14. The van der Waals surface area contributed by atoms with Crippen molar-refractivity contribution in [2.75, 3.05) is 22.9 Å². The summed E-state index contributed by atoms with van der Waals surface area (Å²) >= 11 is 0. The van der Waals surface area contributed by atoms with E-state index in [-0.39, 0.29) is 5.54 Å². The van der Waals surface area contributed by atoms with Crippen LogP contribution in [-0.4, -0.2) is 44.8 Å². The Kier molecular flexibility index (Phi) is 4.01. The average molecular weight is 377 g/mol. The Morgan fingerprint density at radius 2 is 2.00 bits per heavy atom. The van der Waals surface area contributed by atoms with Crippen LogP contribution in [0.5, 0.6) is 0 Å². The third kappa shape index (κ3) is 2.90. The zero-order chi connectivity index (χ0) is 19.3. The van der Waals surface area contributed by atoms with Gasteiger partial charge in [-0.15, -0.1) is 0 Å². The molecule has 1 atom stereocenters. The Hall–Kier alpha value is -2.67. The van der Waals surface area contributed by atoms with Gasteiger partial charge >= 0.3 is 0 Å². The van der Waals surface area contributed by atoms with Gasteiger partial charge in [-0.25, -0.2) is 9.97 Å². The van der Waals surface area contributed by atoms with Gasteiger partial charge in [-0.2, -0.15) is 5.10 Å². The zero-order valence-corrected chi connectivity index (χ0v) is 16.5. The fourth-order valence-electron chi connectivity index (χ4n) is 4.36. The first-order chi connectivity index (χ1) is 13.5. The summed E-state index contributed by atoms with van der Waals surface area (Å²) in [5.41, 5.74) is 10.3. The number of aromatic amines is 1. The molecular weight excluding hydrogens is 350 g/mol. The largest absolute Gasteiger partial charge is 0.355 e. The molecule has 2 aromatic heterocycles. The average Bonchev–Trinajstić information content (AvgIpc) is 3.11. The standard InChI is InChI=1S/C21H27N7/c1-14-7-8-15-5-3-4-6-16(15)28(14)20-18-19(25-26-20)24-17(13-23-18)27-11-9-21(2,22)10-12-27/h3-6,13-14H,7-12,22H2,1-2H3,(H,24,25,26)/t14-/m0/s1. The molecule has 0 unspecified atom stereocenters. The maximum absolute atomic E-state index is 6.26. The maximum atomic E-state index is 6.26. The van der Waals surface area contributed by atoms with Crippen LogP contribution in [0.25, 0.3) is 11.2 Å². The Morgan fingerprint density at radius 1 is 1.21 bits per heavy atom. The van der Waals surface area contributed by atoms with Crippen LogP contribution in [0.2, 0.25) is 0 Å². The van der Waals surface area contributed by atoms with Crippen molar-refractivity contribution in [1.82, 2.24) is 20.2 Å². The quantitative estimate of drug-likeness (QED) is 0.713. The molecule has 0 bridgehead atoms. The van der Waals surface area contributed by atoms with Gasteiger partial charge in [0.05, 0.1) is 6.20 Å². The summed E-state index contributed by atoms with van der Waals surface area (Å²) in [7, 11) is 0. The van der Waals surface area contributed by atoms with Gasteiger partial charge in [0.1, 0.15) is 5.82 Å². The molecular formula is C21H27N7. The molecule has 0 radical (unpaired) electrons. The molecule has 146 valence electrons. The molecule has 7 heteroatoms. The number of para-hydroxylation sites is 1. The Balaban J connectivity index is 1.50. The van der Waals surface area contributed by atoms with Gasteiger partial charge in [0.15, 0.2) is 17.0 Å². The van der Waals surface area contributed by atoms with Gasteiger partial charge in [-0.3, -0.25) is 5.10 Å². The Labute approximate surface area is 165 Å². The summed E-state index contributed by atoms with van der Waals surface area (Å²) in [6.45, 7) is 6.18. The van der Waals surface area contributed by atoms with Gasteiger partial charge < -0.3 is 15.5 Å². The minimum atomic E-state index is -0.0764. The molecule has 4 heterocycles. The number of hydrogen-bond acceptors (Lipinski definition) is 6. The van der Waals surface area contributed by atoms with Crippen LogP contribution >= 0.6 is 0 Å². The van der Waals surface area contributed by atoms with E-state index in [1.807, 2.05) is 6.20 Å². The lowest BCUT2D eigenvalue weighted by atomic mass is 9.91. The number of nitrogens with one attached hydrogen (secondary N) is 1. The van der Waals surface area contributed by atoms with E-state index in [1.54, 1.807) is 0 Å². The first kappa shape index (κ1) is 17.4. The van der Waals surface area contributed by atoms with E-state index in [1.165, 1.54) is 11.3 Å². The van der Waals surface area contributed by atoms with Crippen LogP contribution < -0.4 is 15.5 Å². The second-order valence-corrected chi connectivity index (χ2v) is 8.50. The molecule has 2 aliphatic heterocycles. The lowest BCUT2D eigenvalue weighted by Gasteiger charge is -2.37. The monoisotopic (exact) mass is 377 g/mol. The number of nitrogens with zero attached hydrogens (tertiary/aromatic N) is 5. The number of aromatic nitrogens is 4. The number of fused-ring (bicyclic) bond motifs is 2. The molecule has 0 saturated carbocycles. The molecule has 1 aromatic carbocycles. The predicted molar refractivity (Wildman–Crippen MR) is 112 cm³/mol. The van der Waals surface area contributed by atoms with E-state index in [2.05, 4.69) is 58.1 Å². The first-order valence-corrected chi connectivity index (χ1v) is 10.1. The molecule has 0 aliphatic carbocycles. The Bertz CT molecular complexity index is 999. The van der Waals surface area contributed by atoms with E-state index >= 15 is 0 Å². The summed E-state index contributed by atoms with van der Waals surface area (Å²) in [6, 6.07) is 8.93. The number of anilines is 3. The molecule has 0 amide bonds. The molecule has 7 nitrogen and oxygen atoms in total. The van der Waals surface area contributed by atoms with Gasteiger partial charge in [0.2, 0.25) is 0 Å². The van der Waals surface area contributed by atoms with Crippen LogP contribution in [0.15, 0.2) is 30.5 Å². The highest BCUT2D eigenvalue weighted by Crippen LogP contribution is 2.38. The van der Waals surface area contributed by atoms with Gasteiger partial charge in [-0.05, 0) is 51.2 Å². The minimum Gasteiger partial charge on any atom is -0.355 e. The number of rotatable bonds is 2. The van der Waals surface area contributed by atoms with Crippen LogP contribution in [0.1, 0.15) is 38.7 Å². The molecule has 3 aromatic rings. The summed E-state index contributed by atoms with van der Waals surface area (Å²) < 4.78 is 0. The third-order valence-corrected chi connectivity index (χ3v) is 6.22. The highest BCUT2D eigenvalue weighted by Gasteiger charge is 2.29. The second kappa shape index (κ2) is 6.44. The smallest absolute Gasteiger partial charge is 0.183 e. The highest BCUT2D eigenvalue weighted by molar-refractivity contribution is 5.88. The third-order valence-electron chi connectivity index (χ3n) is 6.22. The Morgan fingerprint density at radius 3 is 2.82 bits per heavy atom. The topological polar surface area (TPSA) is 87.0 Å². The molecule has 2 aliphatic rings. The van der Waals surface area contributed by atoms with Crippen molar-refractivity contribution in [3.8, 4) is 0 Å². The van der Waals surface area contributed by atoms with Crippen LogP contribution in [-0.2, 0) is 6.42 Å². The lowest BCUT2D eigenvalue weighted by molar-refractivity contribution is 0.363. The normalized spacial score (nSPS) is 21.8. The van der Waals surface area contributed by atoms with Crippen molar-refractivity contribution < 1.29 is 0 Å². The SMILES string of the molecule is C[C@H]1CCc2ccccc2N1c1n[nH]c2nc(N3CCC(C)(N)CC3)cnc12.